The summed E-state index contributed by atoms with van der Waals surface area (Å²) in [7, 11) is -2.21. The monoisotopic (exact) mass is 313 g/mol. The van der Waals surface area contributed by atoms with E-state index in [2.05, 4.69) is 10.0 Å². The van der Waals surface area contributed by atoms with Crippen LogP contribution in [0.15, 0.2) is 23.1 Å². The quantitative estimate of drug-likeness (QED) is 0.565. The van der Waals surface area contributed by atoms with Gasteiger partial charge >= 0.3 is 0 Å². The van der Waals surface area contributed by atoms with E-state index >= 15 is 0 Å². The zero-order valence-corrected chi connectivity index (χ0v) is 12.6. The van der Waals surface area contributed by atoms with Crippen molar-refractivity contribution >= 4 is 15.7 Å². The number of hydrogen-bond acceptors (Lipinski definition) is 6. The molecule has 0 unspecified atom stereocenters. The number of aliphatic hydroxyl groups excluding tert-OH is 1. The molecule has 1 rings (SSSR count). The summed E-state index contributed by atoms with van der Waals surface area (Å²) in [5.41, 5.74) is 0.699. The van der Waals surface area contributed by atoms with Gasteiger partial charge in [-0.15, -0.1) is 0 Å². The number of benzene rings is 1. The number of ether oxygens (including phenoxy) is 1. The molecule has 0 spiro atoms. The van der Waals surface area contributed by atoms with Gasteiger partial charge in [0.1, 0.15) is 4.90 Å². The Morgan fingerprint density at radius 1 is 1.38 bits per heavy atom. The zero-order chi connectivity index (χ0) is 15.7. The van der Waals surface area contributed by atoms with Crippen LogP contribution in [0.3, 0.4) is 0 Å². The fraction of sp³-hybridized carbons (Fsp3) is 0.462. The number of nitriles is 1. The normalized spacial score (nSPS) is 11.1. The molecular formula is C13H19N3O4S. The van der Waals surface area contributed by atoms with Crippen molar-refractivity contribution in [2.45, 2.75) is 11.3 Å². The lowest BCUT2D eigenvalue weighted by molar-refractivity contribution is 0.204. The van der Waals surface area contributed by atoms with Gasteiger partial charge in [0.05, 0.1) is 23.9 Å². The number of nitrogens with one attached hydrogen (secondary N) is 2. The Labute approximate surface area is 124 Å². The summed E-state index contributed by atoms with van der Waals surface area (Å²) in [5, 5.41) is 20.6. The molecule has 0 atom stereocenters. The van der Waals surface area contributed by atoms with E-state index in [-0.39, 0.29) is 24.7 Å². The Kier molecular flexibility index (Phi) is 7.11. The second-order valence-corrected chi connectivity index (χ2v) is 5.95. The van der Waals surface area contributed by atoms with E-state index in [1.807, 2.05) is 6.07 Å². The van der Waals surface area contributed by atoms with Gasteiger partial charge < -0.3 is 15.2 Å². The molecule has 8 heteroatoms. The van der Waals surface area contributed by atoms with Crippen LogP contribution in [0.5, 0.6) is 0 Å². The van der Waals surface area contributed by atoms with Gasteiger partial charge in [-0.2, -0.15) is 5.26 Å². The summed E-state index contributed by atoms with van der Waals surface area (Å²) >= 11 is 0. The molecule has 0 amide bonds. The third kappa shape index (κ3) is 5.32. The fourth-order valence-electron chi connectivity index (χ4n) is 1.63. The van der Waals surface area contributed by atoms with E-state index < -0.39 is 10.0 Å². The maximum Gasteiger partial charge on any atom is 0.242 e. The van der Waals surface area contributed by atoms with Gasteiger partial charge in [0.15, 0.2) is 0 Å². The molecule has 1 aromatic rings. The lowest BCUT2D eigenvalue weighted by Gasteiger charge is -2.13. The highest BCUT2D eigenvalue weighted by atomic mass is 32.2. The average molecular weight is 313 g/mol. The minimum Gasteiger partial charge on any atom is -0.396 e. The first-order valence-corrected chi connectivity index (χ1v) is 7.91. The molecule has 0 saturated heterocycles. The van der Waals surface area contributed by atoms with E-state index in [0.29, 0.717) is 24.2 Å². The van der Waals surface area contributed by atoms with Gasteiger partial charge in [0.2, 0.25) is 10.0 Å². The van der Waals surface area contributed by atoms with Crippen molar-refractivity contribution in [1.29, 1.82) is 5.26 Å². The number of sulfonamides is 1. The molecule has 0 fully saturated rings. The summed E-state index contributed by atoms with van der Waals surface area (Å²) in [6.07, 6.45) is 0.480. The van der Waals surface area contributed by atoms with Crippen molar-refractivity contribution in [3.05, 3.63) is 23.8 Å². The van der Waals surface area contributed by atoms with E-state index in [0.717, 1.165) is 0 Å². The van der Waals surface area contributed by atoms with Crippen LogP contribution >= 0.6 is 0 Å². The van der Waals surface area contributed by atoms with Gasteiger partial charge in [-0.05, 0) is 24.6 Å². The molecule has 0 bridgehead atoms. The summed E-state index contributed by atoms with van der Waals surface area (Å²) in [6.45, 7) is 0.836. The maximum atomic E-state index is 12.2. The number of hydrogen-bond donors (Lipinski definition) is 3. The molecule has 7 nitrogen and oxygen atoms in total. The van der Waals surface area contributed by atoms with E-state index in [1.165, 1.54) is 25.3 Å². The topological polar surface area (TPSA) is 111 Å². The highest BCUT2D eigenvalue weighted by Gasteiger charge is 2.18. The first-order chi connectivity index (χ1) is 10.0. The van der Waals surface area contributed by atoms with Crippen molar-refractivity contribution in [2.75, 3.05) is 38.7 Å². The maximum absolute atomic E-state index is 12.2. The largest absolute Gasteiger partial charge is 0.396 e. The molecule has 0 aromatic heterocycles. The predicted octanol–water partition coefficient (Wildman–Crippen LogP) is 0.277. The van der Waals surface area contributed by atoms with Crippen LogP contribution in [-0.2, 0) is 14.8 Å². The Morgan fingerprint density at radius 3 is 2.76 bits per heavy atom. The van der Waals surface area contributed by atoms with Crippen LogP contribution < -0.4 is 10.0 Å². The minimum absolute atomic E-state index is 0.000880. The molecule has 0 aliphatic carbocycles. The van der Waals surface area contributed by atoms with Gasteiger partial charge in [0.25, 0.3) is 0 Å². The number of anilines is 1. The molecule has 1 aromatic carbocycles. The third-order valence-corrected chi connectivity index (χ3v) is 4.17. The Hall–Kier alpha value is -1.66. The van der Waals surface area contributed by atoms with Crippen LogP contribution in [0.1, 0.15) is 12.0 Å². The van der Waals surface area contributed by atoms with Crippen LogP contribution in [0, 0.1) is 11.3 Å². The van der Waals surface area contributed by atoms with Crippen LogP contribution in [0.25, 0.3) is 0 Å². The Morgan fingerprint density at radius 2 is 2.14 bits per heavy atom. The molecule has 0 aliphatic rings. The standard InChI is InChI=1S/C13H19N3O4S/c1-20-8-6-16-21(18,19)13-4-3-11(10-14)9-12(13)15-5-2-7-17/h3-4,9,15-17H,2,5-8H2,1H3. The van der Waals surface area contributed by atoms with Gasteiger partial charge in [0, 0.05) is 26.8 Å². The summed E-state index contributed by atoms with van der Waals surface area (Å²) < 4.78 is 31.7. The van der Waals surface area contributed by atoms with Crippen molar-refractivity contribution < 1.29 is 18.3 Å². The molecule has 0 radical (unpaired) electrons. The highest BCUT2D eigenvalue weighted by molar-refractivity contribution is 7.89. The third-order valence-electron chi connectivity index (χ3n) is 2.65. The molecule has 0 aliphatic heterocycles. The van der Waals surface area contributed by atoms with E-state index in [1.54, 1.807) is 0 Å². The van der Waals surface area contributed by atoms with Crippen molar-refractivity contribution in [3.8, 4) is 6.07 Å². The average Bonchev–Trinajstić information content (AvgIpc) is 2.47. The number of rotatable bonds is 9. The van der Waals surface area contributed by atoms with Crippen molar-refractivity contribution in [1.82, 2.24) is 4.72 Å². The lowest BCUT2D eigenvalue weighted by atomic mass is 10.2. The van der Waals surface area contributed by atoms with Crippen LogP contribution in [0.4, 0.5) is 5.69 Å². The molecule has 116 valence electrons. The van der Waals surface area contributed by atoms with E-state index in [9.17, 15) is 8.42 Å². The van der Waals surface area contributed by atoms with Gasteiger partial charge in [-0.25, -0.2) is 13.1 Å². The van der Waals surface area contributed by atoms with Crippen LogP contribution in [0.2, 0.25) is 0 Å². The highest BCUT2D eigenvalue weighted by Crippen LogP contribution is 2.22. The predicted molar refractivity (Wildman–Crippen MR) is 78.4 cm³/mol. The number of nitrogens with zero attached hydrogens (tertiary/aromatic N) is 1. The zero-order valence-electron chi connectivity index (χ0n) is 11.8. The van der Waals surface area contributed by atoms with Crippen molar-refractivity contribution in [2.24, 2.45) is 0 Å². The molecule has 0 heterocycles. The fourth-order valence-corrected chi connectivity index (χ4v) is 2.81. The molecule has 0 saturated carbocycles. The molecular weight excluding hydrogens is 294 g/mol. The SMILES string of the molecule is COCCNS(=O)(=O)c1ccc(C#N)cc1NCCCO. The molecule has 21 heavy (non-hydrogen) atoms. The lowest BCUT2D eigenvalue weighted by Crippen LogP contribution is -2.28. The smallest absolute Gasteiger partial charge is 0.242 e. The first-order valence-electron chi connectivity index (χ1n) is 6.42. The second-order valence-electron chi connectivity index (χ2n) is 4.22. The van der Waals surface area contributed by atoms with E-state index in [4.69, 9.17) is 15.1 Å². The summed E-state index contributed by atoms with van der Waals surface area (Å²) in [6, 6.07) is 6.27. The van der Waals surface area contributed by atoms with Gasteiger partial charge in [-0.1, -0.05) is 0 Å². The van der Waals surface area contributed by atoms with Crippen molar-refractivity contribution in [3.63, 3.8) is 0 Å². The second kappa shape index (κ2) is 8.59. The first kappa shape index (κ1) is 17.4. The summed E-state index contributed by atoms with van der Waals surface area (Å²) in [5.74, 6) is 0. The Bertz CT molecular complexity index is 596. The Balaban J connectivity index is 3.01. The van der Waals surface area contributed by atoms with Gasteiger partial charge in [-0.3, -0.25) is 0 Å². The number of aliphatic hydroxyl groups is 1. The molecule has 3 N–H and O–H groups in total. The number of methoxy groups -OCH3 is 1. The minimum atomic E-state index is -3.69. The van der Waals surface area contributed by atoms with Crippen LogP contribution in [-0.4, -0.2) is 46.9 Å². The summed E-state index contributed by atoms with van der Waals surface area (Å²) in [4.78, 5) is 0.0653.